The Morgan fingerprint density at radius 1 is 1.23 bits per heavy atom. The number of hydrogen-bond donors (Lipinski definition) is 0. The number of esters is 1. The van der Waals surface area contributed by atoms with E-state index in [1.807, 2.05) is 0 Å². The molecule has 0 rings (SSSR count). The molecule has 0 bridgehead atoms. The molecule has 0 spiro atoms. The van der Waals surface area contributed by atoms with Gasteiger partial charge in [0.05, 0.1) is 12.5 Å². The predicted octanol–water partition coefficient (Wildman–Crippen LogP) is 2.96. The van der Waals surface area contributed by atoms with Crippen LogP contribution in [0, 0.1) is 0 Å². The molecule has 0 aromatic heterocycles. The lowest BCUT2D eigenvalue weighted by molar-refractivity contribution is -0.140. The van der Waals surface area contributed by atoms with Gasteiger partial charge < -0.3 is 4.74 Å². The van der Waals surface area contributed by atoms with Crippen LogP contribution in [0.1, 0.15) is 12.8 Å². The summed E-state index contributed by atoms with van der Waals surface area (Å²) >= 11 is 22.4. The van der Waals surface area contributed by atoms with Gasteiger partial charge in [-0.1, -0.05) is 0 Å². The number of rotatable bonds is 5. The zero-order valence-corrected chi connectivity index (χ0v) is 10.00. The molecule has 0 heterocycles. The zero-order valence-electron chi connectivity index (χ0n) is 6.97. The third-order valence-corrected chi connectivity index (χ3v) is 3.16. The third-order valence-electron chi connectivity index (χ3n) is 1.43. The summed E-state index contributed by atoms with van der Waals surface area (Å²) in [6.45, 7) is 0. The van der Waals surface area contributed by atoms with E-state index in [0.717, 1.165) is 0 Å². The van der Waals surface area contributed by atoms with E-state index in [9.17, 15) is 4.79 Å². The van der Waals surface area contributed by atoms with Crippen molar-refractivity contribution >= 4 is 52.4 Å². The van der Waals surface area contributed by atoms with Gasteiger partial charge in [0, 0.05) is 0 Å². The maximum Gasteiger partial charge on any atom is 0.323 e. The fraction of sp³-hybridized carbons (Fsp3) is 0.857. The minimum atomic E-state index is -0.682. The summed E-state index contributed by atoms with van der Waals surface area (Å²) in [7, 11) is 1.28. The average molecular weight is 268 g/mol. The van der Waals surface area contributed by atoms with Gasteiger partial charge in [-0.15, -0.1) is 46.4 Å². The quantitative estimate of drug-likeness (QED) is 0.566. The van der Waals surface area contributed by atoms with Crippen LogP contribution in [0.15, 0.2) is 0 Å². The summed E-state index contributed by atoms with van der Waals surface area (Å²) in [5.41, 5.74) is 0. The Kier molecular flexibility index (Phi) is 7.33. The van der Waals surface area contributed by atoms with E-state index in [1.54, 1.807) is 0 Å². The number of ether oxygens (including phenoxy) is 1. The van der Waals surface area contributed by atoms with Gasteiger partial charge in [0.25, 0.3) is 0 Å². The van der Waals surface area contributed by atoms with Crippen LogP contribution in [0.3, 0.4) is 0 Å². The van der Waals surface area contributed by atoms with Crippen LogP contribution in [0.2, 0.25) is 0 Å². The zero-order chi connectivity index (χ0) is 10.4. The summed E-state index contributed by atoms with van der Waals surface area (Å²) in [5.74, 6) is -0.466. The number of halogens is 4. The van der Waals surface area contributed by atoms with Crippen molar-refractivity contribution in [2.45, 2.75) is 28.4 Å². The van der Waals surface area contributed by atoms with Gasteiger partial charge >= 0.3 is 5.97 Å². The van der Waals surface area contributed by atoms with Crippen LogP contribution in [-0.2, 0) is 9.53 Å². The largest absolute Gasteiger partial charge is 0.468 e. The molecule has 78 valence electrons. The molecular weight excluding hydrogens is 258 g/mol. The Balaban J connectivity index is 3.69. The molecule has 0 saturated carbocycles. The Morgan fingerprint density at radius 3 is 2.15 bits per heavy atom. The molecule has 0 radical (unpaired) electrons. The van der Waals surface area contributed by atoms with Crippen molar-refractivity contribution in [3.63, 3.8) is 0 Å². The highest BCUT2D eigenvalue weighted by Gasteiger charge is 2.20. The van der Waals surface area contributed by atoms with Crippen LogP contribution in [-0.4, -0.2) is 28.7 Å². The Bertz CT molecular complexity index is 163. The van der Waals surface area contributed by atoms with Crippen molar-refractivity contribution in [1.29, 1.82) is 0 Å². The summed E-state index contributed by atoms with van der Waals surface area (Å²) in [5, 5.41) is -1.08. The SMILES string of the molecule is COC(=O)C(Cl)CCC(Cl)C(Cl)Cl. The first-order valence-electron chi connectivity index (χ1n) is 3.63. The molecule has 2 nitrogen and oxygen atoms in total. The lowest BCUT2D eigenvalue weighted by Crippen LogP contribution is -2.19. The van der Waals surface area contributed by atoms with Crippen molar-refractivity contribution in [3.8, 4) is 0 Å². The molecule has 0 aliphatic heterocycles. The highest BCUT2D eigenvalue weighted by Crippen LogP contribution is 2.21. The number of hydrogen-bond acceptors (Lipinski definition) is 2. The normalized spacial score (nSPS) is 15.5. The van der Waals surface area contributed by atoms with Gasteiger partial charge in [-0.25, -0.2) is 0 Å². The Labute approximate surface area is 97.4 Å². The van der Waals surface area contributed by atoms with Gasteiger partial charge in [0.1, 0.15) is 10.2 Å². The molecule has 13 heavy (non-hydrogen) atoms. The fourth-order valence-corrected chi connectivity index (χ4v) is 1.27. The van der Waals surface area contributed by atoms with Crippen molar-refractivity contribution in [2.24, 2.45) is 0 Å². The summed E-state index contributed by atoms with van der Waals surface area (Å²) in [6, 6.07) is 0. The van der Waals surface area contributed by atoms with Crippen molar-refractivity contribution in [1.82, 2.24) is 0 Å². The van der Waals surface area contributed by atoms with E-state index < -0.39 is 21.6 Å². The average Bonchev–Trinajstić information content (AvgIpc) is 2.11. The molecule has 0 aliphatic rings. The summed E-state index contributed by atoms with van der Waals surface area (Å²) in [6.07, 6.45) is 0.876. The van der Waals surface area contributed by atoms with E-state index in [4.69, 9.17) is 46.4 Å². The number of carbonyl (C=O) groups excluding carboxylic acids is 1. The van der Waals surface area contributed by atoms with E-state index in [1.165, 1.54) is 7.11 Å². The van der Waals surface area contributed by atoms with Crippen LogP contribution in [0.25, 0.3) is 0 Å². The Hall–Kier alpha value is 0.630. The van der Waals surface area contributed by atoms with E-state index in [0.29, 0.717) is 12.8 Å². The van der Waals surface area contributed by atoms with Gasteiger partial charge in [-0.2, -0.15) is 0 Å². The highest BCUT2D eigenvalue weighted by atomic mass is 35.5. The molecule has 0 N–H and O–H groups in total. The monoisotopic (exact) mass is 266 g/mol. The molecule has 0 amide bonds. The second kappa shape index (κ2) is 6.99. The second-order valence-electron chi connectivity index (χ2n) is 2.42. The molecule has 0 aromatic carbocycles. The molecule has 2 atom stereocenters. The van der Waals surface area contributed by atoms with Gasteiger partial charge in [-0.05, 0) is 12.8 Å². The fourth-order valence-electron chi connectivity index (χ4n) is 0.677. The van der Waals surface area contributed by atoms with Crippen molar-refractivity contribution in [3.05, 3.63) is 0 Å². The third kappa shape index (κ3) is 5.84. The van der Waals surface area contributed by atoms with E-state index in [-0.39, 0.29) is 0 Å². The van der Waals surface area contributed by atoms with Crippen LogP contribution >= 0.6 is 46.4 Å². The van der Waals surface area contributed by atoms with Gasteiger partial charge in [0.2, 0.25) is 0 Å². The lowest BCUT2D eigenvalue weighted by atomic mass is 10.2. The van der Waals surface area contributed by atoms with E-state index in [2.05, 4.69) is 4.74 Å². The minimum Gasteiger partial charge on any atom is -0.468 e. The number of carbonyl (C=O) groups is 1. The topological polar surface area (TPSA) is 26.3 Å². The molecule has 2 unspecified atom stereocenters. The second-order valence-corrected chi connectivity index (χ2v) is 4.67. The van der Waals surface area contributed by atoms with E-state index >= 15 is 0 Å². The molecule has 0 saturated heterocycles. The standard InChI is InChI=1S/C7H10Cl4O2/c1-13-7(12)5(9)3-2-4(8)6(10)11/h4-6H,2-3H2,1H3. The van der Waals surface area contributed by atoms with Gasteiger partial charge in [0.15, 0.2) is 0 Å². The maximum absolute atomic E-state index is 10.8. The number of alkyl halides is 4. The lowest BCUT2D eigenvalue weighted by Gasteiger charge is -2.11. The first-order chi connectivity index (χ1) is 5.99. The first kappa shape index (κ1) is 13.6. The molecule has 6 heteroatoms. The van der Waals surface area contributed by atoms with Crippen LogP contribution < -0.4 is 0 Å². The highest BCUT2D eigenvalue weighted by molar-refractivity contribution is 6.48. The smallest absolute Gasteiger partial charge is 0.323 e. The molecule has 0 fully saturated rings. The Morgan fingerprint density at radius 2 is 1.77 bits per heavy atom. The van der Waals surface area contributed by atoms with Crippen molar-refractivity contribution in [2.75, 3.05) is 7.11 Å². The predicted molar refractivity (Wildman–Crippen MR) is 56.0 cm³/mol. The summed E-state index contributed by atoms with van der Waals surface area (Å²) in [4.78, 5) is 10.2. The van der Waals surface area contributed by atoms with Crippen LogP contribution in [0.4, 0.5) is 0 Å². The molecular formula is C7H10Cl4O2. The maximum atomic E-state index is 10.8. The minimum absolute atomic E-state index is 0.394. The molecule has 0 aromatic rings. The first-order valence-corrected chi connectivity index (χ1v) is 5.37. The molecule has 0 aliphatic carbocycles. The summed E-state index contributed by atoms with van der Waals surface area (Å²) < 4.78 is 4.42. The van der Waals surface area contributed by atoms with Crippen LogP contribution in [0.5, 0.6) is 0 Å². The van der Waals surface area contributed by atoms with Crippen molar-refractivity contribution < 1.29 is 9.53 Å². The number of methoxy groups -OCH3 is 1. The van der Waals surface area contributed by atoms with Gasteiger partial charge in [-0.3, -0.25) is 4.79 Å².